The van der Waals surface area contributed by atoms with Gasteiger partial charge in [-0.2, -0.15) is 4.98 Å². The van der Waals surface area contributed by atoms with Gasteiger partial charge >= 0.3 is 0 Å². The van der Waals surface area contributed by atoms with Crippen molar-refractivity contribution in [1.82, 2.24) is 10.1 Å². The zero-order chi connectivity index (χ0) is 10.1. The average Bonchev–Trinajstić information content (AvgIpc) is 2.56. The molecule has 0 aliphatic rings. The first-order valence-corrected chi connectivity index (χ1v) is 5.48. The molecule has 0 unspecified atom stereocenters. The first-order valence-electron chi connectivity index (χ1n) is 3.61. The molecule has 0 radical (unpaired) electrons. The Morgan fingerprint density at radius 2 is 2.21 bits per heavy atom. The van der Waals surface area contributed by atoms with Crippen LogP contribution in [0, 0.1) is 9.65 Å². The predicted molar refractivity (Wildman–Crippen MR) is 60.1 cm³/mol. The van der Waals surface area contributed by atoms with Gasteiger partial charge in [0.1, 0.15) is 5.82 Å². The van der Waals surface area contributed by atoms with Gasteiger partial charge in [-0.05, 0) is 34.1 Å². The lowest BCUT2D eigenvalue weighted by Crippen LogP contribution is -1.82. The minimum Gasteiger partial charge on any atom is -0.333 e. The summed E-state index contributed by atoms with van der Waals surface area (Å²) in [5.74, 6) is -0.0304. The van der Waals surface area contributed by atoms with E-state index in [-0.39, 0.29) is 5.82 Å². The molecule has 0 atom stereocenters. The van der Waals surface area contributed by atoms with Crippen molar-refractivity contribution < 1.29 is 8.91 Å². The van der Waals surface area contributed by atoms with Crippen LogP contribution in [-0.2, 0) is 0 Å². The van der Waals surface area contributed by atoms with Crippen LogP contribution >= 0.6 is 38.5 Å². The monoisotopic (exact) mass is 368 g/mol. The van der Waals surface area contributed by atoms with Gasteiger partial charge in [0.15, 0.2) is 0 Å². The summed E-state index contributed by atoms with van der Waals surface area (Å²) in [4.78, 5) is 4.00. The number of aromatic nitrogens is 2. The van der Waals surface area contributed by atoms with Crippen LogP contribution in [0.4, 0.5) is 4.39 Å². The minimum absolute atomic E-state index is 0.306. The van der Waals surface area contributed by atoms with E-state index in [0.717, 1.165) is 4.47 Å². The quantitative estimate of drug-likeness (QED) is 0.725. The molecule has 1 heterocycles. The fourth-order valence-electron chi connectivity index (χ4n) is 0.976. The summed E-state index contributed by atoms with van der Waals surface area (Å²) in [5, 5.41) is 3.62. The summed E-state index contributed by atoms with van der Waals surface area (Å²) in [6.45, 7) is 0. The van der Waals surface area contributed by atoms with E-state index in [1.807, 2.05) is 22.6 Å². The SMILES string of the molecule is Fc1ccc(Br)c(-c2nc(I)no2)c1. The lowest BCUT2D eigenvalue weighted by Gasteiger charge is -1.97. The molecule has 0 saturated carbocycles. The van der Waals surface area contributed by atoms with Crippen molar-refractivity contribution >= 4 is 38.5 Å². The van der Waals surface area contributed by atoms with Crippen LogP contribution in [0.1, 0.15) is 0 Å². The highest BCUT2D eigenvalue weighted by atomic mass is 127. The third-order valence-electron chi connectivity index (χ3n) is 1.56. The van der Waals surface area contributed by atoms with Crippen molar-refractivity contribution in [3.63, 3.8) is 0 Å². The van der Waals surface area contributed by atoms with Crippen LogP contribution in [0.3, 0.4) is 0 Å². The van der Waals surface area contributed by atoms with Crippen molar-refractivity contribution in [2.24, 2.45) is 0 Å². The molecule has 72 valence electrons. The molecule has 14 heavy (non-hydrogen) atoms. The standard InChI is InChI=1S/C8H3BrFIN2O/c9-6-2-1-4(10)3-5(6)7-12-8(11)13-14-7/h1-3H. The molecule has 0 saturated heterocycles. The highest BCUT2D eigenvalue weighted by Crippen LogP contribution is 2.27. The molecule has 3 nitrogen and oxygen atoms in total. The highest BCUT2D eigenvalue weighted by molar-refractivity contribution is 14.1. The van der Waals surface area contributed by atoms with Gasteiger partial charge in [-0.1, -0.05) is 5.16 Å². The Labute approximate surface area is 101 Å². The van der Waals surface area contributed by atoms with Crippen LogP contribution in [0.2, 0.25) is 0 Å². The van der Waals surface area contributed by atoms with Gasteiger partial charge in [0.25, 0.3) is 5.89 Å². The Bertz CT molecular complexity index is 474. The fraction of sp³-hybridized carbons (Fsp3) is 0. The number of hydrogen-bond acceptors (Lipinski definition) is 3. The number of halogens is 3. The molecule has 0 amide bonds. The van der Waals surface area contributed by atoms with Gasteiger partial charge in [-0.15, -0.1) is 0 Å². The molecule has 0 bridgehead atoms. The molecule has 0 aliphatic heterocycles. The van der Waals surface area contributed by atoms with Crippen LogP contribution in [0.5, 0.6) is 0 Å². The molecule has 2 aromatic rings. The summed E-state index contributed by atoms with van der Waals surface area (Å²) in [6.07, 6.45) is 0. The van der Waals surface area contributed by atoms with Crippen molar-refractivity contribution in [3.05, 3.63) is 32.3 Å². The lowest BCUT2D eigenvalue weighted by molar-refractivity contribution is 0.425. The van der Waals surface area contributed by atoms with Gasteiger partial charge in [-0.3, -0.25) is 0 Å². The second-order valence-corrected chi connectivity index (χ2v) is 4.31. The van der Waals surface area contributed by atoms with Gasteiger partial charge in [0.2, 0.25) is 3.83 Å². The second kappa shape index (κ2) is 3.93. The smallest absolute Gasteiger partial charge is 0.259 e. The van der Waals surface area contributed by atoms with E-state index in [1.165, 1.54) is 12.1 Å². The Morgan fingerprint density at radius 1 is 1.43 bits per heavy atom. The molecular formula is C8H3BrFIN2O. The van der Waals surface area contributed by atoms with Gasteiger partial charge < -0.3 is 4.52 Å². The number of nitrogens with zero attached hydrogens (tertiary/aromatic N) is 2. The van der Waals surface area contributed by atoms with Crippen molar-refractivity contribution in [1.29, 1.82) is 0 Å². The molecule has 6 heteroatoms. The maximum absolute atomic E-state index is 12.9. The van der Waals surface area contributed by atoms with Crippen molar-refractivity contribution in [3.8, 4) is 11.5 Å². The summed E-state index contributed by atoms with van der Waals surface area (Å²) in [7, 11) is 0. The molecule has 2 rings (SSSR count). The second-order valence-electron chi connectivity index (χ2n) is 2.49. The Morgan fingerprint density at radius 3 is 2.86 bits per heavy atom. The molecule has 0 N–H and O–H groups in total. The molecule has 1 aromatic carbocycles. The van der Waals surface area contributed by atoms with Crippen molar-refractivity contribution in [2.45, 2.75) is 0 Å². The van der Waals surface area contributed by atoms with Gasteiger partial charge in [-0.25, -0.2) is 4.39 Å². The first-order chi connectivity index (χ1) is 6.66. The number of hydrogen-bond donors (Lipinski definition) is 0. The molecule has 0 aliphatic carbocycles. The molecule has 0 fully saturated rings. The lowest BCUT2D eigenvalue weighted by atomic mass is 10.2. The van der Waals surface area contributed by atoms with E-state index >= 15 is 0 Å². The third kappa shape index (κ3) is 1.95. The highest BCUT2D eigenvalue weighted by Gasteiger charge is 2.11. The van der Waals surface area contributed by atoms with Crippen LogP contribution < -0.4 is 0 Å². The maximum atomic E-state index is 12.9. The number of rotatable bonds is 1. The maximum Gasteiger partial charge on any atom is 0.259 e. The predicted octanol–water partition coefficient (Wildman–Crippen LogP) is 3.24. The van der Waals surface area contributed by atoms with E-state index in [2.05, 4.69) is 26.1 Å². The molecule has 0 spiro atoms. The van der Waals surface area contributed by atoms with E-state index in [0.29, 0.717) is 15.3 Å². The minimum atomic E-state index is -0.337. The van der Waals surface area contributed by atoms with E-state index in [9.17, 15) is 4.39 Å². The third-order valence-corrected chi connectivity index (χ3v) is 2.69. The summed E-state index contributed by atoms with van der Waals surface area (Å²) in [5.41, 5.74) is 0.556. The zero-order valence-corrected chi connectivity index (χ0v) is 10.4. The fourth-order valence-corrected chi connectivity index (χ4v) is 1.71. The Balaban J connectivity index is 2.55. The van der Waals surface area contributed by atoms with E-state index in [4.69, 9.17) is 4.52 Å². The summed E-state index contributed by atoms with van der Waals surface area (Å²) < 4.78 is 19.1. The van der Waals surface area contributed by atoms with Crippen LogP contribution in [-0.4, -0.2) is 10.1 Å². The topological polar surface area (TPSA) is 38.9 Å². The summed E-state index contributed by atoms with van der Waals surface area (Å²) in [6, 6.07) is 4.30. The van der Waals surface area contributed by atoms with E-state index < -0.39 is 0 Å². The Hall–Kier alpha value is -0.500. The average molecular weight is 369 g/mol. The van der Waals surface area contributed by atoms with Crippen molar-refractivity contribution in [2.75, 3.05) is 0 Å². The number of benzene rings is 1. The first kappa shape index (κ1) is 10.0. The largest absolute Gasteiger partial charge is 0.333 e. The Kier molecular flexibility index (Phi) is 2.82. The van der Waals surface area contributed by atoms with Crippen LogP contribution in [0.25, 0.3) is 11.5 Å². The van der Waals surface area contributed by atoms with Gasteiger partial charge in [0.05, 0.1) is 5.56 Å². The summed E-state index contributed by atoms with van der Waals surface area (Å²) >= 11 is 5.20. The van der Waals surface area contributed by atoms with Gasteiger partial charge in [0, 0.05) is 27.1 Å². The van der Waals surface area contributed by atoms with Crippen LogP contribution in [0.15, 0.2) is 27.2 Å². The zero-order valence-electron chi connectivity index (χ0n) is 6.67. The molecular weight excluding hydrogens is 366 g/mol. The molecule has 1 aromatic heterocycles. The van der Waals surface area contributed by atoms with E-state index in [1.54, 1.807) is 6.07 Å². The normalized spacial score (nSPS) is 10.5.